The zero-order valence-corrected chi connectivity index (χ0v) is 12.0. The minimum atomic E-state index is -0.0336. The molecule has 2 fully saturated rings. The molecule has 2 aliphatic heterocycles. The molecular formula is C14H26N2O2. The molecule has 0 saturated carbocycles. The minimum absolute atomic E-state index is 0.0336. The predicted octanol–water partition coefficient (Wildman–Crippen LogP) is 1.26. The summed E-state index contributed by atoms with van der Waals surface area (Å²) in [5.74, 6) is 0.891. The fourth-order valence-corrected chi connectivity index (χ4v) is 2.96. The summed E-state index contributed by atoms with van der Waals surface area (Å²) >= 11 is 0. The van der Waals surface area contributed by atoms with Gasteiger partial charge in [0.05, 0.1) is 12.1 Å². The van der Waals surface area contributed by atoms with E-state index in [1.54, 1.807) is 7.11 Å². The lowest BCUT2D eigenvalue weighted by molar-refractivity contribution is -0.132. The van der Waals surface area contributed by atoms with Gasteiger partial charge in [0.25, 0.3) is 0 Å². The molecule has 3 unspecified atom stereocenters. The number of nitrogens with zero attached hydrogens (tertiary/aromatic N) is 1. The van der Waals surface area contributed by atoms with Crippen LogP contribution in [0.4, 0.5) is 0 Å². The molecule has 4 heteroatoms. The Hall–Kier alpha value is -0.610. The van der Waals surface area contributed by atoms with Crippen molar-refractivity contribution in [3.63, 3.8) is 0 Å². The molecule has 104 valence electrons. The molecular weight excluding hydrogens is 228 g/mol. The third kappa shape index (κ3) is 2.86. The highest BCUT2D eigenvalue weighted by Crippen LogP contribution is 2.34. The van der Waals surface area contributed by atoms with E-state index in [-0.39, 0.29) is 18.1 Å². The van der Waals surface area contributed by atoms with Gasteiger partial charge in [0, 0.05) is 26.7 Å². The van der Waals surface area contributed by atoms with Gasteiger partial charge in [-0.3, -0.25) is 4.79 Å². The van der Waals surface area contributed by atoms with Gasteiger partial charge in [-0.1, -0.05) is 20.8 Å². The third-order valence-corrected chi connectivity index (χ3v) is 4.45. The molecule has 0 bridgehead atoms. The van der Waals surface area contributed by atoms with Crippen molar-refractivity contribution >= 4 is 5.91 Å². The first kappa shape index (κ1) is 13.8. The summed E-state index contributed by atoms with van der Waals surface area (Å²) < 4.78 is 5.30. The highest BCUT2D eigenvalue weighted by Gasteiger charge is 2.38. The van der Waals surface area contributed by atoms with E-state index in [0.717, 1.165) is 32.5 Å². The highest BCUT2D eigenvalue weighted by atomic mass is 16.5. The first-order valence-electron chi connectivity index (χ1n) is 6.96. The van der Waals surface area contributed by atoms with Crippen molar-refractivity contribution in [3.8, 4) is 0 Å². The number of ether oxygens (including phenoxy) is 1. The van der Waals surface area contributed by atoms with E-state index in [2.05, 4.69) is 26.1 Å². The second-order valence-electron chi connectivity index (χ2n) is 6.69. The van der Waals surface area contributed by atoms with Crippen molar-refractivity contribution in [2.45, 2.75) is 45.8 Å². The number of hydrogen-bond acceptors (Lipinski definition) is 3. The summed E-state index contributed by atoms with van der Waals surface area (Å²) in [6.45, 7) is 9.42. The monoisotopic (exact) mass is 254 g/mol. The first-order chi connectivity index (χ1) is 8.41. The van der Waals surface area contributed by atoms with E-state index in [0.29, 0.717) is 11.3 Å². The van der Waals surface area contributed by atoms with Crippen LogP contribution in [0.5, 0.6) is 0 Å². The van der Waals surface area contributed by atoms with E-state index in [9.17, 15) is 4.79 Å². The SMILES string of the molecule is COC1CNC(C(=O)N2CCC(C(C)(C)C)C2)C1. The first-order valence-corrected chi connectivity index (χ1v) is 6.96. The summed E-state index contributed by atoms with van der Waals surface area (Å²) in [6, 6.07) is -0.0336. The van der Waals surface area contributed by atoms with Crippen molar-refractivity contribution in [2.75, 3.05) is 26.7 Å². The second kappa shape index (κ2) is 5.17. The third-order valence-electron chi connectivity index (χ3n) is 4.45. The summed E-state index contributed by atoms with van der Waals surface area (Å²) in [5, 5.41) is 3.27. The lowest BCUT2D eigenvalue weighted by atomic mass is 9.80. The Morgan fingerprint density at radius 2 is 2.11 bits per heavy atom. The maximum atomic E-state index is 12.4. The highest BCUT2D eigenvalue weighted by molar-refractivity contribution is 5.82. The van der Waals surface area contributed by atoms with Gasteiger partial charge in [0.1, 0.15) is 0 Å². The van der Waals surface area contributed by atoms with Gasteiger partial charge in [-0.25, -0.2) is 0 Å². The summed E-state index contributed by atoms with van der Waals surface area (Å²) in [5.41, 5.74) is 0.299. The Kier molecular flexibility index (Phi) is 3.97. The van der Waals surface area contributed by atoms with Crippen LogP contribution in [0.15, 0.2) is 0 Å². The van der Waals surface area contributed by atoms with Gasteiger partial charge >= 0.3 is 0 Å². The smallest absolute Gasteiger partial charge is 0.239 e. The average molecular weight is 254 g/mol. The summed E-state index contributed by atoms with van der Waals surface area (Å²) in [6.07, 6.45) is 2.14. The lowest BCUT2D eigenvalue weighted by Crippen LogP contribution is -2.43. The Bertz CT molecular complexity index is 311. The zero-order valence-electron chi connectivity index (χ0n) is 12.0. The molecule has 0 radical (unpaired) electrons. The maximum Gasteiger partial charge on any atom is 0.239 e. The molecule has 0 aromatic rings. The molecule has 0 aliphatic carbocycles. The van der Waals surface area contributed by atoms with Gasteiger partial charge in [0.2, 0.25) is 5.91 Å². The van der Waals surface area contributed by atoms with Crippen LogP contribution in [0.2, 0.25) is 0 Å². The molecule has 2 rings (SSSR count). The largest absolute Gasteiger partial charge is 0.380 e. The van der Waals surface area contributed by atoms with Gasteiger partial charge in [-0.2, -0.15) is 0 Å². The molecule has 1 amide bonds. The van der Waals surface area contributed by atoms with Crippen LogP contribution in [0, 0.1) is 11.3 Å². The topological polar surface area (TPSA) is 41.6 Å². The van der Waals surface area contributed by atoms with Crippen LogP contribution >= 0.6 is 0 Å². The standard InChI is InChI=1S/C14H26N2O2/c1-14(2,3)10-5-6-16(9-10)13(17)12-7-11(18-4)8-15-12/h10-12,15H,5-9H2,1-4H3. The molecule has 0 aromatic heterocycles. The van der Waals surface area contributed by atoms with Gasteiger partial charge in [0.15, 0.2) is 0 Å². The van der Waals surface area contributed by atoms with Crippen LogP contribution in [-0.2, 0) is 9.53 Å². The fourth-order valence-electron chi connectivity index (χ4n) is 2.96. The maximum absolute atomic E-state index is 12.4. The van der Waals surface area contributed by atoms with Crippen LogP contribution < -0.4 is 5.32 Å². The van der Waals surface area contributed by atoms with Crippen LogP contribution in [0.25, 0.3) is 0 Å². The van der Waals surface area contributed by atoms with Gasteiger partial charge in [-0.05, 0) is 24.2 Å². The lowest BCUT2D eigenvalue weighted by Gasteiger charge is -2.27. The number of carbonyl (C=O) groups is 1. The Morgan fingerprint density at radius 3 is 2.61 bits per heavy atom. The molecule has 2 saturated heterocycles. The molecule has 2 aliphatic rings. The van der Waals surface area contributed by atoms with Crippen LogP contribution in [0.3, 0.4) is 0 Å². The zero-order chi connectivity index (χ0) is 13.3. The Balaban J connectivity index is 1.88. The quantitative estimate of drug-likeness (QED) is 0.806. The number of nitrogens with one attached hydrogen (secondary N) is 1. The van der Waals surface area contributed by atoms with Crippen molar-refractivity contribution in [1.29, 1.82) is 0 Å². The summed E-state index contributed by atoms with van der Waals surface area (Å²) in [7, 11) is 1.71. The Morgan fingerprint density at radius 1 is 1.39 bits per heavy atom. The molecule has 2 heterocycles. The molecule has 4 nitrogen and oxygen atoms in total. The van der Waals surface area contributed by atoms with Gasteiger partial charge < -0.3 is 15.0 Å². The van der Waals surface area contributed by atoms with Gasteiger partial charge in [-0.15, -0.1) is 0 Å². The number of carbonyl (C=O) groups excluding carboxylic acids is 1. The number of amides is 1. The normalized spacial score (nSPS) is 33.1. The average Bonchev–Trinajstić information content (AvgIpc) is 2.96. The minimum Gasteiger partial charge on any atom is -0.380 e. The van der Waals surface area contributed by atoms with E-state index in [1.807, 2.05) is 4.90 Å². The molecule has 3 atom stereocenters. The molecule has 0 spiro atoms. The number of methoxy groups -OCH3 is 1. The van der Waals surface area contributed by atoms with Crippen molar-refractivity contribution in [1.82, 2.24) is 10.2 Å². The number of rotatable bonds is 2. The van der Waals surface area contributed by atoms with Crippen LogP contribution in [-0.4, -0.2) is 49.7 Å². The van der Waals surface area contributed by atoms with E-state index in [4.69, 9.17) is 4.74 Å². The van der Waals surface area contributed by atoms with E-state index >= 15 is 0 Å². The van der Waals surface area contributed by atoms with Crippen molar-refractivity contribution in [2.24, 2.45) is 11.3 Å². The fraction of sp³-hybridized carbons (Fsp3) is 0.929. The van der Waals surface area contributed by atoms with Crippen molar-refractivity contribution in [3.05, 3.63) is 0 Å². The van der Waals surface area contributed by atoms with E-state index < -0.39 is 0 Å². The summed E-state index contributed by atoms with van der Waals surface area (Å²) in [4.78, 5) is 14.4. The van der Waals surface area contributed by atoms with E-state index in [1.165, 1.54) is 0 Å². The van der Waals surface area contributed by atoms with Crippen LogP contribution in [0.1, 0.15) is 33.6 Å². The predicted molar refractivity (Wildman–Crippen MR) is 71.3 cm³/mol. The molecule has 18 heavy (non-hydrogen) atoms. The Labute approximate surface area is 110 Å². The molecule has 1 N–H and O–H groups in total. The van der Waals surface area contributed by atoms with Crippen molar-refractivity contribution < 1.29 is 9.53 Å². The number of likely N-dealkylation sites (tertiary alicyclic amines) is 1. The second-order valence-corrected chi connectivity index (χ2v) is 6.69. The number of hydrogen-bond donors (Lipinski definition) is 1. The molecule has 0 aromatic carbocycles.